The van der Waals surface area contributed by atoms with Crippen molar-refractivity contribution in [2.75, 3.05) is 25.7 Å². The van der Waals surface area contributed by atoms with Crippen molar-refractivity contribution in [1.29, 1.82) is 0 Å². The van der Waals surface area contributed by atoms with E-state index in [0.29, 0.717) is 37.6 Å². The van der Waals surface area contributed by atoms with Gasteiger partial charge in [-0.15, -0.1) is 0 Å². The highest BCUT2D eigenvalue weighted by Gasteiger charge is 2.30. The topological polar surface area (TPSA) is 104 Å². The number of benzene rings is 4. The molecule has 0 heterocycles. The third-order valence-electron chi connectivity index (χ3n) is 7.46. The van der Waals surface area contributed by atoms with Crippen LogP contribution in [0, 0.1) is 0 Å². The molecule has 0 aromatic heterocycles. The van der Waals surface area contributed by atoms with Crippen LogP contribution in [0.25, 0.3) is 0 Å². The van der Waals surface area contributed by atoms with E-state index >= 15 is 0 Å². The van der Waals surface area contributed by atoms with E-state index < -0.39 is 31.5 Å². The molecule has 0 amide bonds. The van der Waals surface area contributed by atoms with Crippen molar-refractivity contribution < 1.29 is 31.1 Å². The molecule has 0 spiro atoms. The fraction of sp³-hybridized carbons (Fsp3) is 0.286. The SMILES string of the molecule is CCOc1ccc(C(Cc2ccc(S(C)(=O)=O)cc2)C(=O)C(Cc2ccc(S(C)(=O)=O)cc2)c2ccc(OCC)cc2)cc1. The molecule has 2 atom stereocenters. The van der Waals surface area contributed by atoms with E-state index in [4.69, 9.17) is 9.47 Å². The van der Waals surface area contributed by atoms with Gasteiger partial charge in [0.1, 0.15) is 17.3 Å². The molecule has 0 bridgehead atoms. The van der Waals surface area contributed by atoms with Crippen LogP contribution in [-0.2, 0) is 37.3 Å². The maximum Gasteiger partial charge on any atom is 0.175 e. The Kier molecular flexibility index (Phi) is 10.7. The lowest BCUT2D eigenvalue weighted by molar-refractivity contribution is -0.122. The van der Waals surface area contributed by atoms with Crippen LogP contribution in [0.1, 0.15) is 47.9 Å². The highest BCUT2D eigenvalue weighted by Crippen LogP contribution is 2.34. The summed E-state index contributed by atoms with van der Waals surface area (Å²) in [6.45, 7) is 4.85. The first kappa shape index (κ1) is 33.0. The molecular weight excluding hydrogens is 597 g/mol. The van der Waals surface area contributed by atoms with E-state index in [1.807, 2.05) is 62.4 Å². The van der Waals surface area contributed by atoms with Crippen LogP contribution in [0.3, 0.4) is 0 Å². The molecule has 2 unspecified atom stereocenters. The number of rotatable bonds is 14. The predicted octanol–water partition coefficient (Wildman–Crippen LogP) is 6.21. The largest absolute Gasteiger partial charge is 0.494 e. The molecule has 232 valence electrons. The van der Waals surface area contributed by atoms with Crippen molar-refractivity contribution in [3.63, 3.8) is 0 Å². The van der Waals surface area contributed by atoms with Crippen LogP contribution < -0.4 is 9.47 Å². The molecule has 0 fully saturated rings. The number of ether oxygens (including phenoxy) is 2. The first-order valence-corrected chi connectivity index (χ1v) is 18.2. The first-order valence-electron chi connectivity index (χ1n) is 14.5. The summed E-state index contributed by atoms with van der Waals surface area (Å²) in [5.74, 6) is 0.281. The summed E-state index contributed by atoms with van der Waals surface area (Å²) in [5.41, 5.74) is 3.28. The van der Waals surface area contributed by atoms with E-state index in [2.05, 4.69) is 0 Å². The van der Waals surface area contributed by atoms with Gasteiger partial charge in [0.05, 0.1) is 23.0 Å². The minimum absolute atomic E-state index is 0.0160. The van der Waals surface area contributed by atoms with Crippen molar-refractivity contribution in [2.24, 2.45) is 0 Å². The van der Waals surface area contributed by atoms with Gasteiger partial charge in [-0.05, 0) is 97.5 Å². The lowest BCUT2D eigenvalue weighted by atomic mass is 9.78. The van der Waals surface area contributed by atoms with Crippen molar-refractivity contribution in [1.82, 2.24) is 0 Å². The van der Waals surface area contributed by atoms with E-state index in [0.717, 1.165) is 34.8 Å². The Morgan fingerprint density at radius 2 is 0.864 bits per heavy atom. The lowest BCUT2D eigenvalue weighted by Crippen LogP contribution is -2.24. The second-order valence-corrected chi connectivity index (χ2v) is 14.8. The van der Waals surface area contributed by atoms with E-state index in [1.165, 1.54) is 0 Å². The average Bonchev–Trinajstić information content (AvgIpc) is 2.99. The summed E-state index contributed by atoms with van der Waals surface area (Å²) in [5, 5.41) is 0. The van der Waals surface area contributed by atoms with Gasteiger partial charge in [0.25, 0.3) is 0 Å². The molecule has 0 radical (unpaired) electrons. The van der Waals surface area contributed by atoms with E-state index in [1.54, 1.807) is 48.5 Å². The van der Waals surface area contributed by atoms with Crippen LogP contribution in [0.2, 0.25) is 0 Å². The minimum atomic E-state index is -3.36. The number of Topliss-reactive ketones (excluding diaryl/α,β-unsaturated/α-hetero) is 1. The Labute approximate surface area is 260 Å². The molecule has 44 heavy (non-hydrogen) atoms. The van der Waals surface area contributed by atoms with Crippen LogP contribution in [0.5, 0.6) is 11.5 Å². The third-order valence-corrected chi connectivity index (χ3v) is 9.71. The number of sulfone groups is 2. The number of carbonyl (C=O) groups is 1. The second-order valence-electron chi connectivity index (χ2n) is 10.8. The van der Waals surface area contributed by atoms with Gasteiger partial charge in [-0.2, -0.15) is 0 Å². The fourth-order valence-electron chi connectivity index (χ4n) is 5.15. The number of hydrogen-bond donors (Lipinski definition) is 0. The molecule has 0 N–H and O–H groups in total. The lowest BCUT2D eigenvalue weighted by Gasteiger charge is -2.24. The second kappa shape index (κ2) is 14.2. The van der Waals surface area contributed by atoms with Gasteiger partial charge in [0, 0.05) is 24.3 Å². The average molecular weight is 635 g/mol. The molecule has 4 aromatic rings. The third kappa shape index (κ3) is 8.57. The molecule has 4 rings (SSSR count). The van der Waals surface area contributed by atoms with Gasteiger partial charge in [-0.3, -0.25) is 4.79 Å². The van der Waals surface area contributed by atoms with Crippen LogP contribution in [0.15, 0.2) is 107 Å². The van der Waals surface area contributed by atoms with E-state index in [-0.39, 0.29) is 15.6 Å². The summed E-state index contributed by atoms with van der Waals surface area (Å²) >= 11 is 0. The Hall–Kier alpha value is -3.95. The zero-order valence-electron chi connectivity index (χ0n) is 25.4. The molecule has 0 saturated heterocycles. The summed E-state index contributed by atoms with van der Waals surface area (Å²) < 4.78 is 59.4. The molecule has 0 saturated carbocycles. The minimum Gasteiger partial charge on any atom is -0.494 e. The molecule has 0 aliphatic rings. The Morgan fingerprint density at radius 3 is 1.14 bits per heavy atom. The Balaban J connectivity index is 1.76. The monoisotopic (exact) mass is 634 g/mol. The quantitative estimate of drug-likeness (QED) is 0.162. The Bertz CT molecular complexity index is 1630. The van der Waals surface area contributed by atoms with Gasteiger partial charge in [-0.1, -0.05) is 48.5 Å². The van der Waals surface area contributed by atoms with Crippen molar-refractivity contribution in [3.8, 4) is 11.5 Å². The van der Waals surface area contributed by atoms with Crippen LogP contribution in [-0.4, -0.2) is 48.3 Å². The molecular formula is C35H38O7S2. The normalized spacial score (nSPS) is 13.2. The molecule has 4 aromatic carbocycles. The van der Waals surface area contributed by atoms with Crippen LogP contribution >= 0.6 is 0 Å². The smallest absolute Gasteiger partial charge is 0.175 e. The van der Waals surface area contributed by atoms with Crippen molar-refractivity contribution in [3.05, 3.63) is 119 Å². The summed E-state index contributed by atoms with van der Waals surface area (Å²) in [6.07, 6.45) is 3.05. The molecule has 0 aliphatic heterocycles. The molecule has 9 heteroatoms. The van der Waals surface area contributed by atoms with Gasteiger partial charge in [0.2, 0.25) is 0 Å². The van der Waals surface area contributed by atoms with E-state index in [9.17, 15) is 21.6 Å². The van der Waals surface area contributed by atoms with Crippen molar-refractivity contribution >= 4 is 25.5 Å². The maximum atomic E-state index is 14.7. The van der Waals surface area contributed by atoms with Gasteiger partial charge in [-0.25, -0.2) is 16.8 Å². The highest BCUT2D eigenvalue weighted by molar-refractivity contribution is 7.91. The standard InChI is InChI=1S/C35H38O7S2/c1-5-41-29-15-11-27(12-16-29)33(23-25-7-19-31(20-8-25)43(3,37)38)35(36)34(28-13-17-30(18-14-28)42-6-2)24-26-9-21-32(22-10-26)44(4,39)40/h7-22,33-34H,5-6,23-24H2,1-4H3. The van der Waals surface area contributed by atoms with Gasteiger partial charge >= 0.3 is 0 Å². The zero-order valence-corrected chi connectivity index (χ0v) is 27.0. The summed E-state index contributed by atoms with van der Waals surface area (Å²) in [4.78, 5) is 15.1. The number of hydrogen-bond acceptors (Lipinski definition) is 7. The number of carbonyl (C=O) groups excluding carboxylic acids is 1. The van der Waals surface area contributed by atoms with Crippen molar-refractivity contribution in [2.45, 2.75) is 48.3 Å². The number of ketones is 1. The first-order chi connectivity index (χ1) is 20.9. The predicted molar refractivity (Wildman–Crippen MR) is 172 cm³/mol. The van der Waals surface area contributed by atoms with Gasteiger partial charge < -0.3 is 9.47 Å². The van der Waals surface area contributed by atoms with Gasteiger partial charge in [0.15, 0.2) is 19.7 Å². The fourth-order valence-corrected chi connectivity index (χ4v) is 6.41. The maximum absolute atomic E-state index is 14.7. The molecule has 7 nitrogen and oxygen atoms in total. The molecule has 0 aliphatic carbocycles. The van der Waals surface area contributed by atoms with Crippen LogP contribution in [0.4, 0.5) is 0 Å². The zero-order chi connectivity index (χ0) is 31.9. The summed E-state index contributed by atoms with van der Waals surface area (Å²) in [6, 6.07) is 28.3. The summed E-state index contributed by atoms with van der Waals surface area (Å²) in [7, 11) is -6.72. The highest BCUT2D eigenvalue weighted by atomic mass is 32.2. The Morgan fingerprint density at radius 1 is 0.545 bits per heavy atom.